The van der Waals surface area contributed by atoms with E-state index in [-0.39, 0.29) is 12.1 Å². The summed E-state index contributed by atoms with van der Waals surface area (Å²) in [5, 5.41) is 11.9. The molecule has 0 aliphatic rings. The van der Waals surface area contributed by atoms with E-state index < -0.39 is 11.7 Å². The summed E-state index contributed by atoms with van der Waals surface area (Å²) in [5.74, 6) is -0.0991. The van der Waals surface area contributed by atoms with Crippen molar-refractivity contribution < 1.29 is 9.18 Å². The third-order valence-electron chi connectivity index (χ3n) is 2.52. The number of nitrogens with one attached hydrogen (secondary N) is 3. The number of hydrogen-bond acceptors (Lipinski definition) is 5. The lowest BCUT2D eigenvalue weighted by atomic mass is 10.2. The average Bonchev–Trinajstić information content (AvgIpc) is 2.96. The Morgan fingerprint density at radius 3 is 3.00 bits per heavy atom. The van der Waals surface area contributed by atoms with Gasteiger partial charge in [0.05, 0.1) is 18.3 Å². The number of anilines is 1. The van der Waals surface area contributed by atoms with E-state index in [1.165, 1.54) is 6.33 Å². The molecule has 0 saturated heterocycles. The zero-order valence-electron chi connectivity index (χ0n) is 11.0. The maximum atomic E-state index is 13.2. The summed E-state index contributed by atoms with van der Waals surface area (Å²) in [4.78, 5) is 19.8. The van der Waals surface area contributed by atoms with Crippen LogP contribution in [0.15, 0.2) is 18.6 Å². The maximum Gasteiger partial charge on any atom is 0.255 e. The van der Waals surface area contributed by atoms with Gasteiger partial charge in [-0.15, -0.1) is 0 Å². The van der Waals surface area contributed by atoms with Gasteiger partial charge in [0.2, 0.25) is 0 Å². The van der Waals surface area contributed by atoms with Crippen LogP contribution in [0, 0.1) is 5.82 Å². The second-order valence-electron chi connectivity index (χ2n) is 4.09. The molecule has 0 spiro atoms. The fraction of sp³-hybridized carbons (Fsp3) is 0.333. The normalized spacial score (nSPS) is 10.3. The molecule has 0 aromatic carbocycles. The summed E-state index contributed by atoms with van der Waals surface area (Å²) in [7, 11) is 0. The molecule has 0 atom stereocenters. The van der Waals surface area contributed by atoms with Gasteiger partial charge in [-0.25, -0.2) is 14.4 Å². The van der Waals surface area contributed by atoms with Crippen molar-refractivity contribution in [3.05, 3.63) is 35.8 Å². The average molecular weight is 278 g/mol. The molecule has 1 amide bonds. The number of halogens is 1. The minimum atomic E-state index is -0.558. The van der Waals surface area contributed by atoms with Crippen LogP contribution in [0.3, 0.4) is 0 Å². The summed E-state index contributed by atoms with van der Waals surface area (Å²) in [6, 6.07) is 1.15. The van der Waals surface area contributed by atoms with Gasteiger partial charge in [-0.05, 0) is 12.5 Å². The van der Waals surface area contributed by atoms with Gasteiger partial charge in [0.25, 0.3) is 5.91 Å². The molecule has 2 aromatic rings. The Kier molecular flexibility index (Phi) is 4.59. The molecule has 3 N–H and O–H groups in total. The molecule has 106 valence electrons. The summed E-state index contributed by atoms with van der Waals surface area (Å²) in [5.41, 5.74) is 0.165. The first-order valence-corrected chi connectivity index (χ1v) is 6.22. The van der Waals surface area contributed by atoms with Crippen molar-refractivity contribution in [1.82, 2.24) is 25.5 Å². The number of aromatic amines is 1. The second-order valence-corrected chi connectivity index (χ2v) is 4.09. The molecular formula is C12H15FN6O. The molecule has 0 unspecified atom stereocenters. The Labute approximate surface area is 115 Å². The lowest BCUT2D eigenvalue weighted by Gasteiger charge is -2.10. The van der Waals surface area contributed by atoms with Crippen LogP contribution < -0.4 is 10.6 Å². The molecular weight excluding hydrogens is 263 g/mol. The number of nitrogens with zero attached hydrogens (tertiary/aromatic N) is 3. The Morgan fingerprint density at radius 1 is 1.45 bits per heavy atom. The van der Waals surface area contributed by atoms with E-state index in [2.05, 4.69) is 30.8 Å². The van der Waals surface area contributed by atoms with Crippen LogP contribution in [0.2, 0.25) is 0 Å². The van der Waals surface area contributed by atoms with Gasteiger partial charge < -0.3 is 10.6 Å². The predicted molar refractivity (Wildman–Crippen MR) is 70.5 cm³/mol. The fourth-order valence-corrected chi connectivity index (χ4v) is 1.57. The van der Waals surface area contributed by atoms with Crippen molar-refractivity contribution in [2.75, 3.05) is 11.9 Å². The molecule has 2 rings (SSSR count). The minimum absolute atomic E-state index is 0.165. The van der Waals surface area contributed by atoms with Crippen LogP contribution in [0.1, 0.15) is 29.5 Å². The van der Waals surface area contributed by atoms with Crippen LogP contribution in [-0.2, 0) is 6.54 Å². The summed E-state index contributed by atoms with van der Waals surface area (Å²) in [6.45, 7) is 2.82. The predicted octanol–water partition coefficient (Wildman–Crippen LogP) is 1.09. The number of H-pyrrole nitrogens is 1. The molecule has 0 aliphatic carbocycles. The fourth-order valence-electron chi connectivity index (χ4n) is 1.57. The SMILES string of the molecule is CCCNc1ncc(F)cc1C(=O)NCc1ncn[nH]1. The molecule has 0 radical (unpaired) electrons. The molecule has 2 aromatic heterocycles. The largest absolute Gasteiger partial charge is 0.369 e. The Bertz CT molecular complexity index is 571. The summed E-state index contributed by atoms with van der Waals surface area (Å²) in [6.07, 6.45) is 3.29. The number of carbonyl (C=O) groups is 1. The van der Waals surface area contributed by atoms with Gasteiger partial charge in [-0.2, -0.15) is 5.10 Å². The van der Waals surface area contributed by atoms with Crippen LogP contribution in [0.4, 0.5) is 10.2 Å². The van der Waals surface area contributed by atoms with Crippen LogP contribution in [-0.4, -0.2) is 32.6 Å². The van der Waals surface area contributed by atoms with Crippen molar-refractivity contribution in [2.24, 2.45) is 0 Å². The summed E-state index contributed by atoms with van der Waals surface area (Å²) >= 11 is 0. The number of rotatable bonds is 6. The number of pyridine rings is 1. The highest BCUT2D eigenvalue weighted by atomic mass is 19.1. The first-order chi connectivity index (χ1) is 9.70. The zero-order valence-corrected chi connectivity index (χ0v) is 11.0. The monoisotopic (exact) mass is 278 g/mol. The van der Waals surface area contributed by atoms with Gasteiger partial charge >= 0.3 is 0 Å². The molecule has 20 heavy (non-hydrogen) atoms. The quantitative estimate of drug-likeness (QED) is 0.735. The second kappa shape index (κ2) is 6.60. The number of amides is 1. The molecule has 8 heteroatoms. The van der Waals surface area contributed by atoms with Crippen molar-refractivity contribution in [3.8, 4) is 0 Å². The lowest BCUT2D eigenvalue weighted by Crippen LogP contribution is -2.25. The minimum Gasteiger partial charge on any atom is -0.369 e. The van der Waals surface area contributed by atoms with Gasteiger partial charge in [-0.3, -0.25) is 9.89 Å². The van der Waals surface area contributed by atoms with Crippen molar-refractivity contribution >= 4 is 11.7 Å². The molecule has 0 fully saturated rings. The number of hydrogen-bond donors (Lipinski definition) is 3. The number of carbonyl (C=O) groups excluding carboxylic acids is 1. The highest BCUT2D eigenvalue weighted by Gasteiger charge is 2.14. The van der Waals surface area contributed by atoms with E-state index in [0.717, 1.165) is 18.7 Å². The number of aromatic nitrogens is 4. The zero-order chi connectivity index (χ0) is 14.4. The van der Waals surface area contributed by atoms with E-state index in [1.807, 2.05) is 6.92 Å². The maximum absolute atomic E-state index is 13.2. The smallest absolute Gasteiger partial charge is 0.255 e. The molecule has 0 saturated carbocycles. The van der Waals surface area contributed by atoms with Crippen LogP contribution in [0.25, 0.3) is 0 Å². The first kappa shape index (κ1) is 13.9. The van der Waals surface area contributed by atoms with E-state index in [4.69, 9.17) is 0 Å². The van der Waals surface area contributed by atoms with Gasteiger partial charge in [0.1, 0.15) is 23.8 Å². The highest BCUT2D eigenvalue weighted by Crippen LogP contribution is 2.13. The Balaban J connectivity index is 2.08. The van der Waals surface area contributed by atoms with E-state index in [0.29, 0.717) is 18.2 Å². The van der Waals surface area contributed by atoms with Crippen LogP contribution >= 0.6 is 0 Å². The van der Waals surface area contributed by atoms with Crippen molar-refractivity contribution in [2.45, 2.75) is 19.9 Å². The van der Waals surface area contributed by atoms with Gasteiger partial charge in [0.15, 0.2) is 0 Å². The third kappa shape index (κ3) is 3.50. The van der Waals surface area contributed by atoms with E-state index in [9.17, 15) is 9.18 Å². The first-order valence-electron chi connectivity index (χ1n) is 6.22. The molecule has 0 aliphatic heterocycles. The van der Waals surface area contributed by atoms with E-state index >= 15 is 0 Å². The lowest BCUT2D eigenvalue weighted by molar-refractivity contribution is 0.0950. The van der Waals surface area contributed by atoms with Gasteiger partial charge in [0, 0.05) is 6.54 Å². The van der Waals surface area contributed by atoms with Crippen molar-refractivity contribution in [3.63, 3.8) is 0 Å². The standard InChI is InChI=1S/C12H15FN6O/c1-2-3-14-11-9(4-8(13)5-15-11)12(20)16-6-10-17-7-18-19-10/h4-5,7H,2-3,6H2,1H3,(H,14,15)(H,16,20)(H,17,18,19). The Hall–Kier alpha value is -2.51. The van der Waals surface area contributed by atoms with Gasteiger partial charge in [-0.1, -0.05) is 6.92 Å². The summed E-state index contributed by atoms with van der Waals surface area (Å²) < 4.78 is 13.2. The highest BCUT2D eigenvalue weighted by molar-refractivity contribution is 5.98. The third-order valence-corrected chi connectivity index (χ3v) is 2.52. The molecule has 7 nitrogen and oxygen atoms in total. The van der Waals surface area contributed by atoms with Crippen molar-refractivity contribution in [1.29, 1.82) is 0 Å². The van der Waals surface area contributed by atoms with Crippen LogP contribution in [0.5, 0.6) is 0 Å². The topological polar surface area (TPSA) is 95.6 Å². The molecule has 2 heterocycles. The Morgan fingerprint density at radius 2 is 2.30 bits per heavy atom. The van der Waals surface area contributed by atoms with E-state index in [1.54, 1.807) is 0 Å². The molecule has 0 bridgehead atoms.